The molecule has 3 aliphatic rings. The van der Waals surface area contributed by atoms with Crippen molar-refractivity contribution in [2.24, 2.45) is 11.8 Å². The molecule has 1 aromatic carbocycles. The molecule has 2 N–H and O–H groups in total. The highest BCUT2D eigenvalue weighted by Gasteiger charge is 2.49. The summed E-state index contributed by atoms with van der Waals surface area (Å²) in [5.74, 6) is 0.245. The number of fused-ring (bicyclic) bond motifs is 4. The Morgan fingerprint density at radius 2 is 1.91 bits per heavy atom. The highest BCUT2D eigenvalue weighted by Crippen LogP contribution is 2.32. The van der Waals surface area contributed by atoms with Gasteiger partial charge < -0.3 is 29.9 Å². The zero-order valence-electron chi connectivity index (χ0n) is 27.2. The van der Waals surface area contributed by atoms with Crippen molar-refractivity contribution in [3.05, 3.63) is 30.0 Å². The van der Waals surface area contributed by atoms with E-state index < -0.39 is 30.3 Å². The maximum atomic E-state index is 14.4. The molecule has 6 atom stereocenters. The second-order valence-electron chi connectivity index (χ2n) is 12.8. The maximum absolute atomic E-state index is 14.4. The third kappa shape index (κ3) is 7.20. The van der Waals surface area contributed by atoms with Crippen LogP contribution in [0.2, 0.25) is 0 Å². The van der Waals surface area contributed by atoms with Gasteiger partial charge in [0.25, 0.3) is 0 Å². The number of carbonyl (C=O) groups excluding carboxylic acids is 4. The van der Waals surface area contributed by atoms with Gasteiger partial charge in [0, 0.05) is 31.3 Å². The number of methoxy groups -OCH3 is 1. The largest absolute Gasteiger partial charge is 0.496 e. The Morgan fingerprint density at radius 1 is 1.16 bits per heavy atom. The van der Waals surface area contributed by atoms with E-state index in [1.165, 1.54) is 0 Å². The minimum atomic E-state index is -0.944. The Balaban J connectivity index is 1.69. The number of rotatable bonds is 9. The molecule has 44 heavy (non-hydrogen) atoms. The third-order valence-corrected chi connectivity index (χ3v) is 9.02. The Morgan fingerprint density at radius 3 is 2.57 bits per heavy atom. The fourth-order valence-electron chi connectivity index (χ4n) is 6.68. The molecule has 2 fully saturated rings. The summed E-state index contributed by atoms with van der Waals surface area (Å²) in [4.78, 5) is 60.5. The molecule has 2 unspecified atom stereocenters. The van der Waals surface area contributed by atoms with E-state index in [4.69, 9.17) is 9.47 Å². The third-order valence-electron chi connectivity index (χ3n) is 9.02. The van der Waals surface area contributed by atoms with E-state index in [-0.39, 0.29) is 35.5 Å². The van der Waals surface area contributed by atoms with Crippen molar-refractivity contribution in [2.75, 3.05) is 34.3 Å². The molecule has 0 saturated carbocycles. The molecule has 3 aliphatic heterocycles. The number of ether oxygens (including phenoxy) is 2. The van der Waals surface area contributed by atoms with E-state index in [0.29, 0.717) is 55.8 Å². The Hall–Kier alpha value is -3.60. The normalized spacial score (nSPS) is 24.6. The number of likely N-dealkylation sites (tertiary alicyclic amines) is 1. The Labute approximate surface area is 261 Å². The first-order chi connectivity index (χ1) is 21.0. The molecular weight excluding hydrogens is 562 g/mol. The molecule has 1 aromatic rings. The topological polar surface area (TPSA) is 121 Å². The van der Waals surface area contributed by atoms with Crippen molar-refractivity contribution in [1.82, 2.24) is 25.3 Å². The number of amides is 4. The van der Waals surface area contributed by atoms with Crippen LogP contribution in [0.5, 0.6) is 11.5 Å². The van der Waals surface area contributed by atoms with Crippen molar-refractivity contribution >= 4 is 29.7 Å². The predicted octanol–water partition coefficient (Wildman–Crippen LogP) is 2.64. The van der Waals surface area contributed by atoms with Crippen LogP contribution in [0.15, 0.2) is 24.4 Å². The standard InChI is InChI=1S/C33H49N5O6/c1-8-21(4)28(36(5)6)31(40)35-24(18-20(2)3)32(41)38-17-14-27-29(38)33(42)37-16-9-10-25(37)30(39)34-15-13-22-19-23(44-27)11-12-26(22)43-7/h11-13,15,19-21,24-25,27-29H,8-10,14,16-18H2,1-7H3,(H,34,39)(H,35,40)/b15-13-/t21?,24-,25-,27-,28?,29-/m0/s1. The summed E-state index contributed by atoms with van der Waals surface area (Å²) in [6.45, 7) is 8.79. The molecule has 2 saturated heterocycles. The van der Waals surface area contributed by atoms with Crippen LogP contribution in [0.3, 0.4) is 0 Å². The number of hydrogen-bond donors (Lipinski definition) is 2. The first kappa shape index (κ1) is 33.3. The van der Waals surface area contributed by atoms with Crippen molar-refractivity contribution in [2.45, 2.75) is 90.1 Å². The summed E-state index contributed by atoms with van der Waals surface area (Å²) in [7, 11) is 5.31. The molecule has 0 spiro atoms. The van der Waals surface area contributed by atoms with E-state index in [0.717, 1.165) is 6.42 Å². The van der Waals surface area contributed by atoms with E-state index in [1.807, 2.05) is 46.7 Å². The summed E-state index contributed by atoms with van der Waals surface area (Å²) in [6.07, 6.45) is 5.54. The van der Waals surface area contributed by atoms with Crippen molar-refractivity contribution < 1.29 is 28.7 Å². The highest BCUT2D eigenvalue weighted by molar-refractivity contribution is 5.96. The second-order valence-corrected chi connectivity index (χ2v) is 12.8. The predicted molar refractivity (Wildman–Crippen MR) is 168 cm³/mol. The number of carbonyl (C=O) groups is 4. The van der Waals surface area contributed by atoms with Gasteiger partial charge in [-0.2, -0.15) is 0 Å². The van der Waals surface area contributed by atoms with Gasteiger partial charge in [-0.25, -0.2) is 0 Å². The van der Waals surface area contributed by atoms with Crippen LogP contribution in [0.25, 0.3) is 6.08 Å². The zero-order chi connectivity index (χ0) is 32.1. The molecule has 0 aromatic heterocycles. The number of likely N-dealkylation sites (N-methyl/N-ethyl adjacent to an activating group) is 1. The fraction of sp³-hybridized carbons (Fsp3) is 0.636. The molecule has 4 amide bonds. The molecule has 11 heteroatoms. The van der Waals surface area contributed by atoms with Crippen LogP contribution in [0.4, 0.5) is 0 Å². The first-order valence-electron chi connectivity index (χ1n) is 15.9. The van der Waals surface area contributed by atoms with Crippen LogP contribution in [-0.4, -0.2) is 103 Å². The summed E-state index contributed by atoms with van der Waals surface area (Å²) in [5.41, 5.74) is 0.707. The lowest BCUT2D eigenvalue weighted by Gasteiger charge is -2.36. The van der Waals surface area contributed by atoms with Crippen LogP contribution in [0.1, 0.15) is 65.4 Å². The summed E-state index contributed by atoms with van der Waals surface area (Å²) < 4.78 is 11.9. The second kappa shape index (κ2) is 14.5. The van der Waals surface area contributed by atoms with Crippen LogP contribution >= 0.6 is 0 Å². The smallest absolute Gasteiger partial charge is 0.249 e. The van der Waals surface area contributed by atoms with Gasteiger partial charge in [0.05, 0.1) is 13.2 Å². The van der Waals surface area contributed by atoms with E-state index >= 15 is 0 Å². The summed E-state index contributed by atoms with van der Waals surface area (Å²) in [6, 6.07) is 2.54. The minimum absolute atomic E-state index is 0.0865. The molecule has 0 aliphatic carbocycles. The molecular formula is C33H49N5O6. The number of hydrogen-bond acceptors (Lipinski definition) is 7. The first-order valence-corrected chi connectivity index (χ1v) is 15.9. The van der Waals surface area contributed by atoms with Gasteiger partial charge in [-0.1, -0.05) is 34.1 Å². The SMILES string of the molecule is CCC(C)C(C(=O)N[C@@H](CC(C)C)C(=O)N1CC[C@@H]2Oc3ccc(OC)c(c3)/C=C\NC(=O)[C@@H]3CCCN3C(=O)[C@H]21)N(C)C. The van der Waals surface area contributed by atoms with Gasteiger partial charge in [-0.15, -0.1) is 0 Å². The highest BCUT2D eigenvalue weighted by atomic mass is 16.5. The van der Waals surface area contributed by atoms with Gasteiger partial charge in [0.1, 0.15) is 35.7 Å². The summed E-state index contributed by atoms with van der Waals surface area (Å²) in [5, 5.41) is 5.88. The van der Waals surface area contributed by atoms with Gasteiger partial charge >= 0.3 is 0 Å². The summed E-state index contributed by atoms with van der Waals surface area (Å²) >= 11 is 0. The minimum Gasteiger partial charge on any atom is -0.496 e. The molecule has 11 nitrogen and oxygen atoms in total. The lowest BCUT2D eigenvalue weighted by atomic mass is 9.96. The van der Waals surface area contributed by atoms with Gasteiger partial charge in [0.15, 0.2) is 0 Å². The zero-order valence-corrected chi connectivity index (χ0v) is 27.2. The van der Waals surface area contributed by atoms with Crippen molar-refractivity contribution in [3.8, 4) is 11.5 Å². The van der Waals surface area contributed by atoms with Gasteiger partial charge in [-0.05, 0) is 69.5 Å². The molecule has 0 radical (unpaired) electrons. The van der Waals surface area contributed by atoms with E-state index in [1.54, 1.807) is 47.4 Å². The molecule has 2 bridgehead atoms. The van der Waals surface area contributed by atoms with Gasteiger partial charge in [-0.3, -0.25) is 24.1 Å². The quantitative estimate of drug-likeness (QED) is 0.441. The molecule has 3 heterocycles. The Bertz CT molecular complexity index is 1250. The van der Waals surface area contributed by atoms with Crippen LogP contribution in [0, 0.1) is 11.8 Å². The number of nitrogens with one attached hydrogen (secondary N) is 2. The monoisotopic (exact) mass is 611 g/mol. The fourth-order valence-corrected chi connectivity index (χ4v) is 6.68. The molecule has 242 valence electrons. The number of nitrogens with zero attached hydrogens (tertiary/aromatic N) is 3. The van der Waals surface area contributed by atoms with Crippen LogP contribution in [-0.2, 0) is 19.2 Å². The van der Waals surface area contributed by atoms with Crippen molar-refractivity contribution in [1.29, 1.82) is 0 Å². The lowest BCUT2D eigenvalue weighted by Crippen LogP contribution is -2.60. The van der Waals surface area contributed by atoms with Crippen molar-refractivity contribution in [3.63, 3.8) is 0 Å². The van der Waals surface area contributed by atoms with E-state index in [9.17, 15) is 19.2 Å². The maximum Gasteiger partial charge on any atom is 0.249 e. The Kier molecular flexibility index (Phi) is 10.9. The van der Waals surface area contributed by atoms with Gasteiger partial charge in [0.2, 0.25) is 23.6 Å². The van der Waals surface area contributed by atoms with E-state index in [2.05, 4.69) is 10.6 Å². The van der Waals surface area contributed by atoms with Crippen LogP contribution < -0.4 is 20.1 Å². The lowest BCUT2D eigenvalue weighted by molar-refractivity contribution is -0.150. The number of benzene rings is 1. The molecule has 4 rings (SSSR count). The average molecular weight is 612 g/mol. The average Bonchev–Trinajstić information content (AvgIpc) is 3.63.